The summed E-state index contributed by atoms with van der Waals surface area (Å²) >= 11 is 0. The summed E-state index contributed by atoms with van der Waals surface area (Å²) in [5.41, 5.74) is 1.32. The van der Waals surface area contributed by atoms with Gasteiger partial charge in [0.15, 0.2) is 0 Å². The topological polar surface area (TPSA) is 71.3 Å². The summed E-state index contributed by atoms with van der Waals surface area (Å²) in [5.74, 6) is 0.888. The molecule has 0 aliphatic heterocycles. The number of carbonyl (C=O) groups is 1. The zero-order chi connectivity index (χ0) is 20.2. The average Bonchev–Trinajstić information content (AvgIpc) is 2.72. The maximum absolute atomic E-state index is 12.6. The maximum Gasteiger partial charge on any atom is 0.266 e. The first-order valence-corrected chi connectivity index (χ1v) is 9.55. The molecule has 0 heterocycles. The van der Waals surface area contributed by atoms with Crippen LogP contribution < -0.4 is 14.8 Å². The van der Waals surface area contributed by atoms with Gasteiger partial charge >= 0.3 is 0 Å². The highest BCUT2D eigenvalue weighted by molar-refractivity contribution is 6.10. The molecule has 146 valence electrons. The third-order valence-corrected chi connectivity index (χ3v) is 3.92. The Balaban J connectivity index is 2.09. The maximum atomic E-state index is 12.6. The lowest BCUT2D eigenvalue weighted by atomic mass is 10.1. The highest BCUT2D eigenvalue weighted by Crippen LogP contribution is 2.25. The second-order valence-corrected chi connectivity index (χ2v) is 6.24. The molecular formula is C23H26N2O3. The smallest absolute Gasteiger partial charge is 0.266 e. The Bertz CT molecular complexity index is 836. The fourth-order valence-corrected chi connectivity index (χ4v) is 2.41. The first-order valence-electron chi connectivity index (χ1n) is 9.55. The third-order valence-electron chi connectivity index (χ3n) is 3.92. The van der Waals surface area contributed by atoms with E-state index in [0.717, 1.165) is 30.6 Å². The normalized spacial score (nSPS) is 10.8. The van der Waals surface area contributed by atoms with Crippen LogP contribution in [0.3, 0.4) is 0 Å². The molecule has 5 heteroatoms. The van der Waals surface area contributed by atoms with Crippen LogP contribution in [0.15, 0.2) is 54.1 Å². The van der Waals surface area contributed by atoms with E-state index in [-0.39, 0.29) is 5.57 Å². The minimum atomic E-state index is -0.472. The van der Waals surface area contributed by atoms with Gasteiger partial charge in [0, 0.05) is 0 Å². The molecule has 1 amide bonds. The second-order valence-electron chi connectivity index (χ2n) is 6.24. The van der Waals surface area contributed by atoms with Gasteiger partial charge in [-0.3, -0.25) is 4.79 Å². The average molecular weight is 378 g/mol. The largest absolute Gasteiger partial charge is 0.494 e. The van der Waals surface area contributed by atoms with E-state index in [0.29, 0.717) is 24.7 Å². The molecule has 0 spiro atoms. The van der Waals surface area contributed by atoms with E-state index in [9.17, 15) is 10.1 Å². The SMILES string of the molecule is CCCCOc1ccccc1NC(=O)/C(C#N)=C/c1ccc(OCCC)cc1. The van der Waals surface area contributed by atoms with E-state index >= 15 is 0 Å². The van der Waals surface area contributed by atoms with E-state index < -0.39 is 5.91 Å². The molecule has 1 N–H and O–H groups in total. The zero-order valence-corrected chi connectivity index (χ0v) is 16.4. The summed E-state index contributed by atoms with van der Waals surface area (Å²) in [6.45, 7) is 5.36. The first kappa shape index (κ1) is 21.0. The zero-order valence-electron chi connectivity index (χ0n) is 16.4. The van der Waals surface area contributed by atoms with Crippen LogP contribution in [0.5, 0.6) is 11.5 Å². The van der Waals surface area contributed by atoms with Crippen molar-refractivity contribution >= 4 is 17.7 Å². The van der Waals surface area contributed by atoms with E-state index in [2.05, 4.69) is 12.2 Å². The second kappa shape index (κ2) is 11.5. The Kier molecular flexibility index (Phi) is 8.61. The van der Waals surface area contributed by atoms with Crippen LogP contribution in [0.25, 0.3) is 6.08 Å². The van der Waals surface area contributed by atoms with Crippen molar-refractivity contribution in [2.24, 2.45) is 0 Å². The van der Waals surface area contributed by atoms with Crippen LogP contribution in [0, 0.1) is 11.3 Å². The molecule has 0 aliphatic rings. The van der Waals surface area contributed by atoms with Crippen LogP contribution in [0.4, 0.5) is 5.69 Å². The Morgan fingerprint density at radius 3 is 2.46 bits per heavy atom. The molecule has 0 aromatic heterocycles. The summed E-state index contributed by atoms with van der Waals surface area (Å²) < 4.78 is 11.3. The van der Waals surface area contributed by atoms with Crippen molar-refractivity contribution in [3.05, 3.63) is 59.7 Å². The predicted octanol–water partition coefficient (Wildman–Crippen LogP) is 5.20. The molecule has 0 bridgehead atoms. The first-order chi connectivity index (χ1) is 13.7. The molecule has 5 nitrogen and oxygen atoms in total. The lowest BCUT2D eigenvalue weighted by Gasteiger charge is -2.12. The van der Waals surface area contributed by atoms with E-state index in [1.54, 1.807) is 18.2 Å². The Hall–Kier alpha value is -3.26. The number of nitrogens with zero attached hydrogens (tertiary/aromatic N) is 1. The number of nitrogens with one attached hydrogen (secondary N) is 1. The summed E-state index contributed by atoms with van der Waals surface area (Å²) in [7, 11) is 0. The van der Waals surface area contributed by atoms with Gasteiger partial charge in [0.2, 0.25) is 0 Å². The van der Waals surface area contributed by atoms with Crippen LogP contribution in [-0.2, 0) is 4.79 Å². The number of ether oxygens (including phenoxy) is 2. The molecule has 0 aliphatic carbocycles. The van der Waals surface area contributed by atoms with Gasteiger partial charge < -0.3 is 14.8 Å². The lowest BCUT2D eigenvalue weighted by molar-refractivity contribution is -0.112. The van der Waals surface area contributed by atoms with Gasteiger partial charge in [-0.05, 0) is 48.7 Å². The van der Waals surface area contributed by atoms with Crippen LogP contribution in [0.2, 0.25) is 0 Å². The minimum absolute atomic E-state index is 0.0191. The van der Waals surface area contributed by atoms with E-state index in [4.69, 9.17) is 9.47 Å². The number of carbonyl (C=O) groups excluding carboxylic acids is 1. The highest BCUT2D eigenvalue weighted by atomic mass is 16.5. The summed E-state index contributed by atoms with van der Waals surface area (Å²) in [4.78, 5) is 12.6. The molecule has 0 radical (unpaired) electrons. The lowest BCUT2D eigenvalue weighted by Crippen LogP contribution is -2.14. The molecule has 2 aromatic carbocycles. The van der Waals surface area contributed by atoms with Gasteiger partial charge in [-0.25, -0.2) is 0 Å². The van der Waals surface area contributed by atoms with Crippen molar-refractivity contribution < 1.29 is 14.3 Å². The van der Waals surface area contributed by atoms with Gasteiger partial charge in [-0.2, -0.15) is 5.26 Å². The summed E-state index contributed by atoms with van der Waals surface area (Å²) in [6, 6.07) is 16.5. The monoisotopic (exact) mass is 378 g/mol. The van der Waals surface area contributed by atoms with Crippen LogP contribution in [0.1, 0.15) is 38.7 Å². The quantitative estimate of drug-likeness (QED) is 0.350. The summed E-state index contributed by atoms with van der Waals surface area (Å²) in [6.07, 6.45) is 4.45. The molecule has 2 rings (SSSR count). The standard InChI is InChI=1S/C23H26N2O3/c1-3-5-15-28-22-9-7-6-8-21(22)25-23(26)19(17-24)16-18-10-12-20(13-11-18)27-14-4-2/h6-13,16H,3-5,14-15H2,1-2H3,(H,25,26)/b19-16+. The molecule has 0 atom stereocenters. The van der Waals surface area contributed by atoms with Gasteiger partial charge in [0.25, 0.3) is 5.91 Å². The number of anilines is 1. The number of hydrogen-bond acceptors (Lipinski definition) is 4. The number of nitriles is 1. The van der Waals surface area contributed by atoms with Gasteiger partial charge in [-0.15, -0.1) is 0 Å². The number of para-hydroxylation sites is 2. The minimum Gasteiger partial charge on any atom is -0.494 e. The molecular weight excluding hydrogens is 352 g/mol. The number of rotatable bonds is 10. The fourth-order valence-electron chi connectivity index (χ4n) is 2.41. The Morgan fingerprint density at radius 2 is 1.79 bits per heavy atom. The van der Waals surface area contributed by atoms with Gasteiger partial charge in [0.1, 0.15) is 23.1 Å². The van der Waals surface area contributed by atoms with Gasteiger partial charge in [0.05, 0.1) is 18.9 Å². The number of benzene rings is 2. The number of hydrogen-bond donors (Lipinski definition) is 1. The Labute approximate surface area is 166 Å². The molecule has 0 unspecified atom stereocenters. The third kappa shape index (κ3) is 6.48. The Morgan fingerprint density at radius 1 is 1.04 bits per heavy atom. The van der Waals surface area contributed by atoms with E-state index in [1.807, 2.05) is 49.4 Å². The van der Waals surface area contributed by atoms with Crippen LogP contribution >= 0.6 is 0 Å². The summed E-state index contributed by atoms with van der Waals surface area (Å²) in [5, 5.41) is 12.2. The highest BCUT2D eigenvalue weighted by Gasteiger charge is 2.12. The van der Waals surface area contributed by atoms with Crippen molar-refractivity contribution in [1.82, 2.24) is 0 Å². The van der Waals surface area contributed by atoms with Gasteiger partial charge in [-0.1, -0.05) is 44.5 Å². The molecule has 0 saturated heterocycles. The van der Waals surface area contributed by atoms with Crippen LogP contribution in [-0.4, -0.2) is 19.1 Å². The number of unbranched alkanes of at least 4 members (excludes halogenated alkanes) is 1. The van der Waals surface area contributed by atoms with Crippen molar-refractivity contribution in [1.29, 1.82) is 5.26 Å². The molecule has 28 heavy (non-hydrogen) atoms. The fraction of sp³-hybridized carbons (Fsp3) is 0.304. The van der Waals surface area contributed by atoms with Crippen molar-refractivity contribution in [2.75, 3.05) is 18.5 Å². The molecule has 0 fully saturated rings. The van der Waals surface area contributed by atoms with Crippen molar-refractivity contribution in [3.8, 4) is 17.6 Å². The van der Waals surface area contributed by atoms with Crippen molar-refractivity contribution in [2.45, 2.75) is 33.1 Å². The molecule has 2 aromatic rings. The molecule has 0 saturated carbocycles. The van der Waals surface area contributed by atoms with Crippen molar-refractivity contribution in [3.63, 3.8) is 0 Å². The number of amides is 1. The predicted molar refractivity (Wildman–Crippen MR) is 111 cm³/mol. The van der Waals surface area contributed by atoms with E-state index in [1.165, 1.54) is 0 Å².